The Morgan fingerprint density at radius 3 is 2.62 bits per heavy atom. The second-order valence-corrected chi connectivity index (χ2v) is 10.8. The zero-order chi connectivity index (χ0) is 27.9. The van der Waals surface area contributed by atoms with Crippen molar-refractivity contribution in [3.05, 3.63) is 93.3 Å². The van der Waals surface area contributed by atoms with Gasteiger partial charge >= 0.3 is 6.18 Å². The Labute approximate surface area is 229 Å². The van der Waals surface area contributed by atoms with E-state index in [2.05, 4.69) is 34.4 Å². The molecule has 0 radical (unpaired) electrons. The van der Waals surface area contributed by atoms with E-state index in [0.29, 0.717) is 36.6 Å². The molecule has 0 saturated carbocycles. The molecule has 5 rings (SSSR count). The average molecular weight is 557 g/mol. The predicted octanol–water partition coefficient (Wildman–Crippen LogP) is 6.32. The molecule has 0 bridgehead atoms. The lowest BCUT2D eigenvalue weighted by Gasteiger charge is -2.27. The van der Waals surface area contributed by atoms with Crippen molar-refractivity contribution in [3.63, 3.8) is 0 Å². The van der Waals surface area contributed by atoms with Crippen LogP contribution < -0.4 is 10.6 Å². The van der Waals surface area contributed by atoms with Gasteiger partial charge < -0.3 is 10.6 Å². The molecule has 3 aromatic rings. The summed E-state index contributed by atoms with van der Waals surface area (Å²) in [5.74, 6) is -0.574. The van der Waals surface area contributed by atoms with Crippen LogP contribution in [0.3, 0.4) is 0 Å². The van der Waals surface area contributed by atoms with Crippen molar-refractivity contribution in [2.75, 3.05) is 11.9 Å². The van der Waals surface area contributed by atoms with Gasteiger partial charge in [-0.15, -0.1) is 0 Å². The first kappa shape index (κ1) is 27.1. The van der Waals surface area contributed by atoms with E-state index < -0.39 is 11.7 Å². The number of carbonyl (C=O) groups is 2. The van der Waals surface area contributed by atoms with Gasteiger partial charge in [0.25, 0.3) is 5.91 Å². The normalized spacial score (nSPS) is 18.7. The molecule has 2 unspecified atom stereocenters. The first-order valence-corrected chi connectivity index (χ1v) is 13.2. The topological polar surface area (TPSA) is 74.3 Å². The van der Waals surface area contributed by atoms with Gasteiger partial charge in [-0.25, -0.2) is 0 Å². The molecule has 2 aliphatic rings. The highest BCUT2D eigenvalue weighted by atomic mass is 35.5. The lowest BCUT2D eigenvalue weighted by molar-refractivity contribution is -0.137. The third-order valence-corrected chi connectivity index (χ3v) is 7.53. The van der Waals surface area contributed by atoms with Crippen molar-refractivity contribution < 1.29 is 22.8 Å². The molecule has 2 aliphatic heterocycles. The Morgan fingerprint density at radius 2 is 1.92 bits per heavy atom. The highest BCUT2D eigenvalue weighted by molar-refractivity contribution is 6.31. The molecule has 2 N–H and O–H groups in total. The highest BCUT2D eigenvalue weighted by Gasteiger charge is 2.35. The fourth-order valence-corrected chi connectivity index (χ4v) is 5.65. The molecule has 204 valence electrons. The Balaban J connectivity index is 1.24. The lowest BCUT2D eigenvalue weighted by Crippen LogP contribution is -2.27. The minimum atomic E-state index is -4.37. The second kappa shape index (κ2) is 10.6. The van der Waals surface area contributed by atoms with Gasteiger partial charge in [0.15, 0.2) is 0 Å². The molecular weight excluding hydrogens is 529 g/mol. The summed E-state index contributed by atoms with van der Waals surface area (Å²) in [5, 5.41) is 6.28. The van der Waals surface area contributed by atoms with E-state index in [9.17, 15) is 22.8 Å². The van der Waals surface area contributed by atoms with Crippen LogP contribution in [0.4, 0.5) is 18.9 Å². The van der Waals surface area contributed by atoms with Crippen LogP contribution in [0.15, 0.2) is 54.7 Å². The number of hydrogen-bond acceptors (Lipinski definition) is 4. The molecule has 6 nitrogen and oxygen atoms in total. The largest absolute Gasteiger partial charge is 0.416 e. The standard InChI is InChI=1S/C29H28ClF3N4O2/c1-16(2)26-25-19(15-37(26)14-17-3-5-20(6-4-17)29(31,32)33)11-18(13-35-25)27(38)34-10-9-22-23-12-21(30)7-8-24(23)36-28(22)39/h3-8,11-13,16,22,26H,9-10,14-15H2,1-2H3,(H,34,38)(H,36,39). The van der Waals surface area contributed by atoms with Gasteiger partial charge in [-0.1, -0.05) is 37.6 Å². The fraction of sp³-hybridized carbons (Fsp3) is 0.345. The molecule has 0 fully saturated rings. The average Bonchev–Trinajstić information content (AvgIpc) is 3.39. The van der Waals surface area contributed by atoms with Crippen LogP contribution in [0, 0.1) is 5.92 Å². The second-order valence-electron chi connectivity index (χ2n) is 10.4. The first-order valence-electron chi connectivity index (χ1n) is 12.8. The number of rotatable bonds is 7. The molecule has 2 aromatic carbocycles. The van der Waals surface area contributed by atoms with Crippen LogP contribution in [0.1, 0.15) is 70.5 Å². The Kier molecular flexibility index (Phi) is 7.39. The molecule has 2 atom stereocenters. The minimum Gasteiger partial charge on any atom is -0.352 e. The number of pyridine rings is 1. The van der Waals surface area contributed by atoms with Crippen molar-refractivity contribution in [2.24, 2.45) is 5.92 Å². The third-order valence-electron chi connectivity index (χ3n) is 7.29. The zero-order valence-electron chi connectivity index (χ0n) is 21.5. The van der Waals surface area contributed by atoms with Gasteiger partial charge in [-0.3, -0.25) is 19.5 Å². The monoisotopic (exact) mass is 556 g/mol. The van der Waals surface area contributed by atoms with Crippen LogP contribution in [-0.4, -0.2) is 28.2 Å². The Morgan fingerprint density at radius 1 is 1.18 bits per heavy atom. The van der Waals surface area contributed by atoms with E-state index in [1.165, 1.54) is 12.1 Å². The van der Waals surface area contributed by atoms with Crippen LogP contribution in [0.5, 0.6) is 0 Å². The number of carbonyl (C=O) groups excluding carboxylic acids is 2. The van der Waals surface area contributed by atoms with Crippen LogP contribution in [0.2, 0.25) is 5.02 Å². The molecule has 0 aliphatic carbocycles. The Bertz CT molecular complexity index is 1410. The maximum Gasteiger partial charge on any atom is 0.416 e. The van der Waals surface area contributed by atoms with Gasteiger partial charge in [-0.05, 0) is 65.4 Å². The summed E-state index contributed by atoms with van der Waals surface area (Å²) in [6.45, 7) is 5.45. The van der Waals surface area contributed by atoms with E-state index in [1.54, 1.807) is 24.4 Å². The quantitative estimate of drug-likeness (QED) is 0.357. The number of fused-ring (bicyclic) bond motifs is 2. The molecule has 39 heavy (non-hydrogen) atoms. The van der Waals surface area contributed by atoms with Crippen LogP contribution in [-0.2, 0) is 24.1 Å². The number of nitrogens with one attached hydrogen (secondary N) is 2. The SMILES string of the molecule is CC(C)C1c2ncc(C(=O)NCCC3C(=O)Nc4ccc(Cl)cc43)cc2CN1Cc1ccc(C(F)(F)F)cc1. The van der Waals surface area contributed by atoms with E-state index in [4.69, 9.17) is 11.6 Å². The zero-order valence-corrected chi connectivity index (χ0v) is 22.2. The van der Waals surface area contributed by atoms with Gasteiger partial charge in [0.2, 0.25) is 5.91 Å². The van der Waals surface area contributed by atoms with E-state index in [-0.39, 0.29) is 29.7 Å². The predicted molar refractivity (Wildman–Crippen MR) is 142 cm³/mol. The van der Waals surface area contributed by atoms with E-state index >= 15 is 0 Å². The number of hydrogen-bond donors (Lipinski definition) is 2. The van der Waals surface area contributed by atoms with Gasteiger partial charge in [0, 0.05) is 36.5 Å². The van der Waals surface area contributed by atoms with Gasteiger partial charge in [0.05, 0.1) is 28.8 Å². The number of alkyl halides is 3. The van der Waals surface area contributed by atoms with Crippen LogP contribution in [0.25, 0.3) is 0 Å². The summed E-state index contributed by atoms with van der Waals surface area (Å²) in [7, 11) is 0. The highest BCUT2D eigenvalue weighted by Crippen LogP contribution is 2.39. The number of halogens is 4. The minimum absolute atomic E-state index is 0.0211. The van der Waals surface area contributed by atoms with Crippen LogP contribution >= 0.6 is 11.6 Å². The molecule has 10 heteroatoms. The smallest absolute Gasteiger partial charge is 0.352 e. The summed E-state index contributed by atoms with van der Waals surface area (Å²) in [5.41, 5.74) is 3.90. The molecule has 0 saturated heterocycles. The van der Waals surface area contributed by atoms with Gasteiger partial charge in [0.1, 0.15) is 0 Å². The van der Waals surface area contributed by atoms with Crippen molar-refractivity contribution in [3.8, 4) is 0 Å². The molecular formula is C29H28ClF3N4O2. The Hall–Kier alpha value is -3.43. The number of aromatic nitrogens is 1. The van der Waals surface area contributed by atoms with Crippen molar-refractivity contribution in [2.45, 2.75) is 51.5 Å². The summed E-state index contributed by atoms with van der Waals surface area (Å²) in [6.07, 6.45) is -2.38. The van der Waals surface area contributed by atoms with E-state index in [0.717, 1.165) is 40.2 Å². The number of amides is 2. The summed E-state index contributed by atoms with van der Waals surface area (Å²) >= 11 is 6.09. The lowest BCUT2D eigenvalue weighted by atomic mass is 9.97. The molecule has 2 amide bonds. The van der Waals surface area contributed by atoms with Crippen molar-refractivity contribution >= 4 is 29.1 Å². The molecule has 1 aromatic heterocycles. The number of benzene rings is 2. The number of nitrogens with zero attached hydrogens (tertiary/aromatic N) is 2. The molecule has 3 heterocycles. The summed E-state index contributed by atoms with van der Waals surface area (Å²) in [6, 6.07) is 12.3. The maximum absolute atomic E-state index is 12.9. The van der Waals surface area contributed by atoms with Crippen molar-refractivity contribution in [1.82, 2.24) is 15.2 Å². The fourth-order valence-electron chi connectivity index (χ4n) is 5.47. The summed E-state index contributed by atoms with van der Waals surface area (Å²) in [4.78, 5) is 32.1. The van der Waals surface area contributed by atoms with Crippen molar-refractivity contribution in [1.29, 1.82) is 0 Å². The van der Waals surface area contributed by atoms with Gasteiger partial charge in [-0.2, -0.15) is 13.2 Å². The number of anilines is 1. The molecule has 0 spiro atoms. The summed E-state index contributed by atoms with van der Waals surface area (Å²) < 4.78 is 38.8. The maximum atomic E-state index is 12.9. The van der Waals surface area contributed by atoms with E-state index in [1.807, 2.05) is 6.07 Å². The third kappa shape index (κ3) is 5.65. The first-order chi connectivity index (χ1) is 18.5.